The lowest BCUT2D eigenvalue weighted by Crippen LogP contribution is -2.20. The highest BCUT2D eigenvalue weighted by atomic mass is 32.2. The number of methoxy groups -OCH3 is 2. The monoisotopic (exact) mass is 487 g/mol. The zero-order valence-electron chi connectivity index (χ0n) is 19.6. The molecule has 0 spiro atoms. The van der Waals surface area contributed by atoms with Crippen molar-refractivity contribution in [1.82, 2.24) is 20.2 Å². The zero-order valence-corrected chi connectivity index (χ0v) is 20.5. The van der Waals surface area contributed by atoms with Gasteiger partial charge in [-0.1, -0.05) is 59.8 Å². The van der Waals surface area contributed by atoms with E-state index in [1.54, 1.807) is 32.6 Å². The van der Waals surface area contributed by atoms with Crippen molar-refractivity contribution in [3.05, 3.63) is 83.9 Å². The highest BCUT2D eigenvalue weighted by molar-refractivity contribution is 7.99. The smallest absolute Gasteiger partial charge is 0.250 e. The molecule has 35 heavy (non-hydrogen) atoms. The van der Waals surface area contributed by atoms with Gasteiger partial charge in [-0.05, 0) is 42.8 Å². The Kier molecular flexibility index (Phi) is 7.79. The SMILES string of the molecule is COc1ccc(C=NNC(=O)CSc2nnc(-c3ccc(C)cc3)n2-c2ccccc2)cc1OC. The van der Waals surface area contributed by atoms with Crippen LogP contribution in [0.4, 0.5) is 0 Å². The molecule has 0 aliphatic carbocycles. The summed E-state index contributed by atoms with van der Waals surface area (Å²) in [6.07, 6.45) is 1.55. The summed E-state index contributed by atoms with van der Waals surface area (Å²) in [4.78, 5) is 12.4. The number of amides is 1. The largest absolute Gasteiger partial charge is 0.493 e. The van der Waals surface area contributed by atoms with E-state index in [1.165, 1.54) is 17.3 Å². The molecule has 4 rings (SSSR count). The number of aromatic nitrogens is 3. The molecule has 8 nitrogen and oxygen atoms in total. The number of hydrazone groups is 1. The van der Waals surface area contributed by atoms with E-state index in [-0.39, 0.29) is 11.7 Å². The van der Waals surface area contributed by atoms with E-state index < -0.39 is 0 Å². The van der Waals surface area contributed by atoms with Gasteiger partial charge in [0.25, 0.3) is 5.91 Å². The number of carbonyl (C=O) groups excluding carboxylic acids is 1. The number of benzene rings is 3. The van der Waals surface area contributed by atoms with E-state index in [0.29, 0.717) is 22.5 Å². The Labute approximate surface area is 208 Å². The number of thioether (sulfide) groups is 1. The fraction of sp³-hybridized carbons (Fsp3) is 0.154. The van der Waals surface area contributed by atoms with Gasteiger partial charge in [0, 0.05) is 11.3 Å². The van der Waals surface area contributed by atoms with Crippen molar-refractivity contribution in [3.8, 4) is 28.6 Å². The van der Waals surface area contributed by atoms with Gasteiger partial charge in [0.2, 0.25) is 0 Å². The molecule has 0 aliphatic heterocycles. The maximum absolute atomic E-state index is 12.4. The Morgan fingerprint density at radius 3 is 2.46 bits per heavy atom. The quantitative estimate of drug-likeness (QED) is 0.212. The molecular weight excluding hydrogens is 462 g/mol. The Morgan fingerprint density at radius 1 is 1.00 bits per heavy atom. The Morgan fingerprint density at radius 2 is 1.74 bits per heavy atom. The number of carbonyl (C=O) groups is 1. The molecule has 1 aromatic heterocycles. The van der Waals surface area contributed by atoms with Gasteiger partial charge in [-0.15, -0.1) is 10.2 Å². The van der Waals surface area contributed by atoms with E-state index in [4.69, 9.17) is 9.47 Å². The van der Waals surface area contributed by atoms with Crippen LogP contribution >= 0.6 is 11.8 Å². The lowest BCUT2D eigenvalue weighted by atomic mass is 10.1. The van der Waals surface area contributed by atoms with Crippen molar-refractivity contribution in [2.45, 2.75) is 12.1 Å². The average Bonchev–Trinajstić information content (AvgIpc) is 3.32. The average molecular weight is 488 g/mol. The summed E-state index contributed by atoms with van der Waals surface area (Å²) in [6.45, 7) is 2.04. The molecule has 4 aromatic rings. The van der Waals surface area contributed by atoms with Crippen molar-refractivity contribution >= 4 is 23.9 Å². The van der Waals surface area contributed by atoms with E-state index >= 15 is 0 Å². The normalized spacial score (nSPS) is 10.9. The van der Waals surface area contributed by atoms with Crippen LogP contribution in [0.1, 0.15) is 11.1 Å². The number of ether oxygens (including phenoxy) is 2. The van der Waals surface area contributed by atoms with Crippen molar-refractivity contribution in [2.24, 2.45) is 5.10 Å². The summed E-state index contributed by atoms with van der Waals surface area (Å²) in [5.41, 5.74) is 6.35. The highest BCUT2D eigenvalue weighted by Crippen LogP contribution is 2.28. The molecule has 0 unspecified atom stereocenters. The van der Waals surface area contributed by atoms with Gasteiger partial charge in [-0.2, -0.15) is 5.10 Å². The molecule has 1 heterocycles. The summed E-state index contributed by atoms with van der Waals surface area (Å²) in [5, 5.41) is 13.4. The first-order valence-electron chi connectivity index (χ1n) is 10.8. The summed E-state index contributed by atoms with van der Waals surface area (Å²) < 4.78 is 12.5. The molecule has 9 heteroatoms. The second-order valence-electron chi connectivity index (χ2n) is 7.54. The third-order valence-corrected chi connectivity index (χ3v) is 6.03. The van der Waals surface area contributed by atoms with Gasteiger partial charge in [0.05, 0.1) is 26.2 Å². The first kappa shape index (κ1) is 24.0. The minimum Gasteiger partial charge on any atom is -0.493 e. The number of aryl methyl sites for hydroxylation is 1. The zero-order chi connectivity index (χ0) is 24.6. The number of nitrogens with zero attached hydrogens (tertiary/aromatic N) is 4. The van der Waals surface area contributed by atoms with Gasteiger partial charge in [-0.25, -0.2) is 5.43 Å². The Hall–Kier alpha value is -4.11. The molecule has 0 fully saturated rings. The van der Waals surface area contributed by atoms with Crippen LogP contribution in [0.3, 0.4) is 0 Å². The molecule has 0 radical (unpaired) electrons. The van der Waals surface area contributed by atoms with Crippen LogP contribution in [0.2, 0.25) is 0 Å². The van der Waals surface area contributed by atoms with Crippen molar-refractivity contribution in [3.63, 3.8) is 0 Å². The predicted molar refractivity (Wildman–Crippen MR) is 138 cm³/mol. The van der Waals surface area contributed by atoms with Gasteiger partial charge >= 0.3 is 0 Å². The van der Waals surface area contributed by atoms with Crippen molar-refractivity contribution in [1.29, 1.82) is 0 Å². The number of rotatable bonds is 9. The van der Waals surface area contributed by atoms with Crippen molar-refractivity contribution in [2.75, 3.05) is 20.0 Å². The topological polar surface area (TPSA) is 90.6 Å². The maximum Gasteiger partial charge on any atom is 0.250 e. The van der Waals surface area contributed by atoms with Crippen LogP contribution in [0.25, 0.3) is 17.1 Å². The fourth-order valence-corrected chi connectivity index (χ4v) is 4.08. The summed E-state index contributed by atoms with van der Waals surface area (Å²) in [7, 11) is 3.14. The van der Waals surface area contributed by atoms with Crippen LogP contribution in [-0.4, -0.2) is 46.9 Å². The lowest BCUT2D eigenvalue weighted by Gasteiger charge is -2.10. The minimum absolute atomic E-state index is 0.127. The summed E-state index contributed by atoms with van der Waals surface area (Å²) in [6, 6.07) is 23.3. The molecule has 0 saturated heterocycles. The third-order valence-electron chi connectivity index (χ3n) is 5.10. The van der Waals surface area contributed by atoms with E-state index in [9.17, 15) is 4.79 Å². The van der Waals surface area contributed by atoms with Gasteiger partial charge in [0.15, 0.2) is 22.5 Å². The third kappa shape index (κ3) is 5.88. The maximum atomic E-state index is 12.4. The number of nitrogens with one attached hydrogen (secondary N) is 1. The van der Waals surface area contributed by atoms with Crippen LogP contribution in [0, 0.1) is 6.92 Å². The predicted octanol–water partition coefficient (Wildman–Crippen LogP) is 4.50. The minimum atomic E-state index is -0.258. The molecule has 178 valence electrons. The molecule has 0 aliphatic rings. The highest BCUT2D eigenvalue weighted by Gasteiger charge is 2.17. The van der Waals surface area contributed by atoms with E-state index in [2.05, 4.69) is 20.7 Å². The van der Waals surface area contributed by atoms with Gasteiger partial charge in [0.1, 0.15) is 0 Å². The van der Waals surface area contributed by atoms with Crippen LogP contribution in [0.5, 0.6) is 11.5 Å². The van der Waals surface area contributed by atoms with E-state index in [1.807, 2.05) is 72.2 Å². The first-order chi connectivity index (χ1) is 17.1. The fourth-order valence-electron chi connectivity index (χ4n) is 3.34. The second kappa shape index (κ2) is 11.3. The Balaban J connectivity index is 1.46. The van der Waals surface area contributed by atoms with Crippen molar-refractivity contribution < 1.29 is 14.3 Å². The molecule has 0 atom stereocenters. The molecule has 1 N–H and O–H groups in total. The van der Waals surface area contributed by atoms with Crippen LogP contribution < -0.4 is 14.9 Å². The Bertz CT molecular complexity index is 1320. The summed E-state index contributed by atoms with van der Waals surface area (Å²) in [5.74, 6) is 1.79. The van der Waals surface area contributed by atoms with Crippen LogP contribution in [-0.2, 0) is 4.79 Å². The lowest BCUT2D eigenvalue weighted by molar-refractivity contribution is -0.118. The molecule has 0 saturated carbocycles. The number of hydrogen-bond donors (Lipinski definition) is 1. The molecular formula is C26H25N5O3S. The van der Waals surface area contributed by atoms with Gasteiger partial charge < -0.3 is 9.47 Å². The standard InChI is InChI=1S/C26H25N5O3S/c1-18-9-12-20(13-10-18)25-29-30-26(31(25)21-7-5-4-6-8-21)35-17-24(32)28-27-16-19-11-14-22(33-2)23(15-19)34-3/h4-16H,17H2,1-3H3,(H,28,32). The second-order valence-corrected chi connectivity index (χ2v) is 8.48. The van der Waals surface area contributed by atoms with Crippen LogP contribution in [0.15, 0.2) is 83.1 Å². The summed E-state index contributed by atoms with van der Waals surface area (Å²) >= 11 is 1.29. The molecule has 0 bridgehead atoms. The number of para-hydroxylation sites is 1. The molecule has 3 aromatic carbocycles. The molecule has 1 amide bonds. The number of hydrogen-bond acceptors (Lipinski definition) is 7. The van der Waals surface area contributed by atoms with Gasteiger partial charge in [-0.3, -0.25) is 9.36 Å². The van der Waals surface area contributed by atoms with E-state index in [0.717, 1.165) is 16.8 Å². The first-order valence-corrected chi connectivity index (χ1v) is 11.8.